The van der Waals surface area contributed by atoms with Crippen molar-refractivity contribution in [2.45, 2.75) is 46.1 Å². The topological polar surface area (TPSA) is 6.48 Å². The minimum atomic E-state index is 0.633. The van der Waals surface area contributed by atoms with E-state index in [9.17, 15) is 0 Å². The molecule has 0 amide bonds. The van der Waals surface area contributed by atoms with E-state index in [1.165, 1.54) is 50.3 Å². The van der Waals surface area contributed by atoms with Crippen LogP contribution in [-0.4, -0.2) is 48.6 Å². The predicted octanol–water partition coefficient (Wildman–Crippen LogP) is 3.38. The number of benzene rings is 1. The standard InChI is InChI=1S/C18H30N2/c1-15(2)18-7-5-17(6-8-18)9-10-19-11-13-20(14-12-19)16(3)4/h5-8,15-16H,9-14H2,1-4H3. The maximum absolute atomic E-state index is 2.61. The molecule has 0 radical (unpaired) electrons. The average Bonchev–Trinajstić information content (AvgIpc) is 2.46. The highest BCUT2D eigenvalue weighted by molar-refractivity contribution is 5.24. The zero-order valence-electron chi connectivity index (χ0n) is 13.6. The van der Waals surface area contributed by atoms with Gasteiger partial charge in [-0.2, -0.15) is 0 Å². The van der Waals surface area contributed by atoms with Crippen LogP contribution in [0, 0.1) is 0 Å². The largest absolute Gasteiger partial charge is 0.300 e. The third kappa shape index (κ3) is 4.32. The van der Waals surface area contributed by atoms with Gasteiger partial charge in [-0.05, 0) is 37.3 Å². The summed E-state index contributed by atoms with van der Waals surface area (Å²) in [7, 11) is 0. The number of hydrogen-bond donors (Lipinski definition) is 0. The van der Waals surface area contributed by atoms with Crippen LogP contribution in [0.15, 0.2) is 24.3 Å². The third-order valence-electron chi connectivity index (χ3n) is 4.50. The van der Waals surface area contributed by atoms with Crippen LogP contribution in [-0.2, 0) is 6.42 Å². The molecule has 0 aromatic heterocycles. The van der Waals surface area contributed by atoms with E-state index < -0.39 is 0 Å². The zero-order valence-corrected chi connectivity index (χ0v) is 13.6. The lowest BCUT2D eigenvalue weighted by Gasteiger charge is -2.36. The van der Waals surface area contributed by atoms with Crippen LogP contribution in [0.2, 0.25) is 0 Å². The van der Waals surface area contributed by atoms with Crippen molar-refractivity contribution in [1.29, 1.82) is 0 Å². The summed E-state index contributed by atoms with van der Waals surface area (Å²) in [6, 6.07) is 9.88. The van der Waals surface area contributed by atoms with E-state index in [1.54, 1.807) is 0 Å². The number of hydrogen-bond acceptors (Lipinski definition) is 2. The Bertz CT molecular complexity index is 386. The zero-order chi connectivity index (χ0) is 14.5. The molecule has 1 aliphatic rings. The van der Waals surface area contributed by atoms with Gasteiger partial charge in [-0.25, -0.2) is 0 Å². The van der Waals surface area contributed by atoms with Crippen molar-refractivity contribution in [1.82, 2.24) is 9.80 Å². The molecule has 1 aromatic carbocycles. The van der Waals surface area contributed by atoms with Crippen molar-refractivity contribution >= 4 is 0 Å². The maximum Gasteiger partial charge on any atom is 0.0113 e. The SMILES string of the molecule is CC(C)c1ccc(CCN2CCN(C(C)C)CC2)cc1. The molecule has 0 atom stereocenters. The van der Waals surface area contributed by atoms with Crippen LogP contribution in [0.5, 0.6) is 0 Å². The first-order valence-corrected chi connectivity index (χ1v) is 8.11. The summed E-state index contributed by atoms with van der Waals surface area (Å²) < 4.78 is 0. The second-order valence-electron chi connectivity index (χ2n) is 6.62. The summed E-state index contributed by atoms with van der Waals surface area (Å²) in [5.74, 6) is 0.633. The van der Waals surface area contributed by atoms with Gasteiger partial charge < -0.3 is 4.90 Å². The van der Waals surface area contributed by atoms with Gasteiger partial charge in [0.1, 0.15) is 0 Å². The van der Waals surface area contributed by atoms with Crippen LogP contribution in [0.4, 0.5) is 0 Å². The first-order chi connectivity index (χ1) is 9.56. The van der Waals surface area contributed by atoms with Gasteiger partial charge in [0.2, 0.25) is 0 Å². The molecular formula is C18H30N2. The molecule has 2 rings (SSSR count). The lowest BCUT2D eigenvalue weighted by Crippen LogP contribution is -2.49. The molecule has 0 aliphatic carbocycles. The van der Waals surface area contributed by atoms with Gasteiger partial charge in [-0.1, -0.05) is 38.1 Å². The van der Waals surface area contributed by atoms with Gasteiger partial charge in [-0.3, -0.25) is 4.90 Å². The lowest BCUT2D eigenvalue weighted by molar-refractivity contribution is 0.109. The Morgan fingerprint density at radius 1 is 0.900 bits per heavy atom. The molecule has 2 heteroatoms. The van der Waals surface area contributed by atoms with Crippen molar-refractivity contribution < 1.29 is 0 Å². The van der Waals surface area contributed by atoms with Crippen LogP contribution >= 0.6 is 0 Å². The van der Waals surface area contributed by atoms with Crippen molar-refractivity contribution in [2.75, 3.05) is 32.7 Å². The van der Waals surface area contributed by atoms with E-state index >= 15 is 0 Å². The van der Waals surface area contributed by atoms with Crippen LogP contribution < -0.4 is 0 Å². The fourth-order valence-electron chi connectivity index (χ4n) is 2.86. The Balaban J connectivity index is 1.76. The molecule has 0 saturated carbocycles. The molecule has 0 unspecified atom stereocenters. The van der Waals surface area contributed by atoms with Crippen molar-refractivity contribution in [2.24, 2.45) is 0 Å². The van der Waals surface area contributed by atoms with E-state index in [0.717, 1.165) is 0 Å². The second-order valence-corrected chi connectivity index (χ2v) is 6.62. The van der Waals surface area contributed by atoms with Crippen molar-refractivity contribution in [3.8, 4) is 0 Å². The van der Waals surface area contributed by atoms with Gasteiger partial charge in [0, 0.05) is 38.8 Å². The number of nitrogens with zero attached hydrogens (tertiary/aromatic N) is 2. The first-order valence-electron chi connectivity index (χ1n) is 8.11. The fourth-order valence-corrected chi connectivity index (χ4v) is 2.86. The van der Waals surface area contributed by atoms with Gasteiger partial charge in [0.05, 0.1) is 0 Å². The normalized spacial score (nSPS) is 18.1. The highest BCUT2D eigenvalue weighted by Gasteiger charge is 2.18. The van der Waals surface area contributed by atoms with Crippen LogP contribution in [0.1, 0.15) is 44.7 Å². The molecule has 1 fully saturated rings. The van der Waals surface area contributed by atoms with E-state index in [1.807, 2.05) is 0 Å². The Morgan fingerprint density at radius 3 is 2.00 bits per heavy atom. The molecule has 1 aromatic rings. The summed E-state index contributed by atoms with van der Waals surface area (Å²) in [6.07, 6.45) is 1.18. The Hall–Kier alpha value is -0.860. The smallest absolute Gasteiger partial charge is 0.0113 e. The molecule has 1 aliphatic heterocycles. The van der Waals surface area contributed by atoms with E-state index in [4.69, 9.17) is 0 Å². The summed E-state index contributed by atoms with van der Waals surface area (Å²) in [5, 5.41) is 0. The second kappa shape index (κ2) is 7.24. The monoisotopic (exact) mass is 274 g/mol. The van der Waals surface area contributed by atoms with E-state index in [-0.39, 0.29) is 0 Å². The minimum Gasteiger partial charge on any atom is -0.300 e. The lowest BCUT2D eigenvalue weighted by atomic mass is 10.0. The molecule has 1 heterocycles. The summed E-state index contributed by atoms with van der Waals surface area (Å²) in [5.41, 5.74) is 2.92. The number of rotatable bonds is 5. The van der Waals surface area contributed by atoms with Crippen LogP contribution in [0.3, 0.4) is 0 Å². The molecular weight excluding hydrogens is 244 g/mol. The molecule has 2 nitrogen and oxygen atoms in total. The van der Waals surface area contributed by atoms with Crippen molar-refractivity contribution in [3.63, 3.8) is 0 Å². The predicted molar refractivity (Wildman–Crippen MR) is 87.4 cm³/mol. The number of piperazine rings is 1. The quantitative estimate of drug-likeness (QED) is 0.812. The first kappa shape index (κ1) is 15.5. The highest BCUT2D eigenvalue weighted by Crippen LogP contribution is 2.15. The van der Waals surface area contributed by atoms with Crippen molar-refractivity contribution in [3.05, 3.63) is 35.4 Å². The maximum atomic E-state index is 2.61. The molecule has 112 valence electrons. The van der Waals surface area contributed by atoms with Crippen LogP contribution in [0.25, 0.3) is 0 Å². The minimum absolute atomic E-state index is 0.633. The van der Waals surface area contributed by atoms with Gasteiger partial charge in [0.25, 0.3) is 0 Å². The van der Waals surface area contributed by atoms with E-state index in [2.05, 4.69) is 61.8 Å². The molecule has 1 saturated heterocycles. The van der Waals surface area contributed by atoms with E-state index in [0.29, 0.717) is 12.0 Å². The molecule has 0 N–H and O–H groups in total. The summed E-state index contributed by atoms with van der Waals surface area (Å²) in [6.45, 7) is 15.2. The third-order valence-corrected chi connectivity index (χ3v) is 4.50. The Labute approximate surface area is 124 Å². The van der Waals surface area contributed by atoms with Gasteiger partial charge in [-0.15, -0.1) is 0 Å². The Kier molecular flexibility index (Phi) is 5.62. The molecule has 0 spiro atoms. The highest BCUT2D eigenvalue weighted by atomic mass is 15.3. The average molecular weight is 274 g/mol. The molecule has 0 bridgehead atoms. The summed E-state index contributed by atoms with van der Waals surface area (Å²) >= 11 is 0. The van der Waals surface area contributed by atoms with Gasteiger partial charge in [0.15, 0.2) is 0 Å². The van der Waals surface area contributed by atoms with Gasteiger partial charge >= 0.3 is 0 Å². The Morgan fingerprint density at radius 2 is 1.50 bits per heavy atom. The molecule has 20 heavy (non-hydrogen) atoms. The summed E-state index contributed by atoms with van der Waals surface area (Å²) in [4.78, 5) is 5.18. The fraction of sp³-hybridized carbons (Fsp3) is 0.667.